The second-order valence-electron chi connectivity index (χ2n) is 6.57. The molecule has 4 aromatic rings. The predicted octanol–water partition coefficient (Wildman–Crippen LogP) is 3.93. The number of fused-ring (bicyclic) bond motifs is 1. The van der Waals surface area contributed by atoms with Crippen LogP contribution in [0.1, 0.15) is 17.4 Å². The predicted molar refractivity (Wildman–Crippen MR) is 104 cm³/mol. The Morgan fingerprint density at radius 2 is 1.90 bits per heavy atom. The number of ether oxygens (including phenoxy) is 2. The maximum atomic E-state index is 6.02. The van der Waals surface area contributed by atoms with Gasteiger partial charge in [-0.2, -0.15) is 4.98 Å². The molecule has 0 fully saturated rings. The van der Waals surface area contributed by atoms with Gasteiger partial charge in [0.2, 0.25) is 5.82 Å². The highest BCUT2D eigenvalue weighted by Gasteiger charge is 2.27. The van der Waals surface area contributed by atoms with Crippen LogP contribution in [-0.2, 0) is 17.9 Å². The molecule has 0 unspecified atom stereocenters. The fourth-order valence-electron chi connectivity index (χ4n) is 3.23. The lowest BCUT2D eigenvalue weighted by Gasteiger charge is -2.24. The van der Waals surface area contributed by atoms with Gasteiger partial charge in [-0.1, -0.05) is 34.1 Å². The number of halogens is 1. The Morgan fingerprint density at radius 1 is 1.10 bits per heavy atom. The van der Waals surface area contributed by atoms with Crippen molar-refractivity contribution in [2.75, 3.05) is 7.11 Å². The second kappa shape index (κ2) is 7.31. The molecular formula is C20H16ClN5O3. The zero-order valence-corrected chi connectivity index (χ0v) is 16.2. The fraction of sp³-hybridized carbons (Fsp3) is 0.200. The SMILES string of the molecule is COc1ccc(-c2nc(-c3nnn4c3CO[C@@H](c3ccc(Cl)cc3)C4)no2)cc1. The Bertz CT molecular complexity index is 1140. The third-order valence-electron chi connectivity index (χ3n) is 4.81. The van der Waals surface area contributed by atoms with E-state index in [1.807, 2.05) is 53.2 Å². The zero-order valence-electron chi connectivity index (χ0n) is 15.4. The van der Waals surface area contributed by atoms with Gasteiger partial charge in [-0.25, -0.2) is 4.68 Å². The van der Waals surface area contributed by atoms with Crippen LogP contribution in [0, 0.1) is 0 Å². The van der Waals surface area contributed by atoms with Gasteiger partial charge >= 0.3 is 0 Å². The van der Waals surface area contributed by atoms with E-state index in [0.717, 1.165) is 22.6 Å². The molecule has 0 radical (unpaired) electrons. The van der Waals surface area contributed by atoms with Gasteiger partial charge in [0.25, 0.3) is 5.89 Å². The first kappa shape index (κ1) is 17.8. The van der Waals surface area contributed by atoms with Crippen molar-refractivity contribution in [2.45, 2.75) is 19.3 Å². The summed E-state index contributed by atoms with van der Waals surface area (Å²) >= 11 is 5.97. The lowest BCUT2D eigenvalue weighted by atomic mass is 10.1. The Hall–Kier alpha value is -3.23. The molecule has 0 amide bonds. The van der Waals surface area contributed by atoms with Crippen LogP contribution in [-0.4, -0.2) is 32.2 Å². The molecule has 0 spiro atoms. The van der Waals surface area contributed by atoms with E-state index in [1.54, 1.807) is 7.11 Å². The summed E-state index contributed by atoms with van der Waals surface area (Å²) in [5, 5.41) is 13.3. The van der Waals surface area contributed by atoms with E-state index in [2.05, 4.69) is 20.5 Å². The van der Waals surface area contributed by atoms with Crippen LogP contribution in [0.15, 0.2) is 53.1 Å². The van der Waals surface area contributed by atoms with Crippen LogP contribution in [0.3, 0.4) is 0 Å². The summed E-state index contributed by atoms with van der Waals surface area (Å²) in [6.45, 7) is 0.898. The maximum Gasteiger partial charge on any atom is 0.258 e. The van der Waals surface area contributed by atoms with Crippen molar-refractivity contribution in [1.29, 1.82) is 0 Å². The summed E-state index contributed by atoms with van der Waals surface area (Å²) < 4.78 is 18.4. The first-order chi connectivity index (χ1) is 14.2. The first-order valence-electron chi connectivity index (χ1n) is 8.99. The summed E-state index contributed by atoms with van der Waals surface area (Å²) in [5.74, 6) is 1.54. The summed E-state index contributed by atoms with van der Waals surface area (Å²) in [7, 11) is 1.62. The summed E-state index contributed by atoms with van der Waals surface area (Å²) in [6.07, 6.45) is -0.116. The molecule has 8 nitrogen and oxygen atoms in total. The third-order valence-corrected chi connectivity index (χ3v) is 5.07. The molecule has 2 aromatic carbocycles. The van der Waals surface area contributed by atoms with Crippen molar-refractivity contribution >= 4 is 11.6 Å². The molecule has 3 heterocycles. The molecule has 0 saturated carbocycles. The average molecular weight is 410 g/mol. The van der Waals surface area contributed by atoms with Crippen molar-refractivity contribution in [2.24, 2.45) is 0 Å². The van der Waals surface area contributed by atoms with E-state index in [9.17, 15) is 0 Å². The van der Waals surface area contributed by atoms with Crippen LogP contribution in [0.2, 0.25) is 5.02 Å². The van der Waals surface area contributed by atoms with E-state index in [4.69, 9.17) is 25.6 Å². The van der Waals surface area contributed by atoms with E-state index in [1.165, 1.54) is 0 Å². The van der Waals surface area contributed by atoms with Crippen LogP contribution in [0.25, 0.3) is 23.0 Å². The largest absolute Gasteiger partial charge is 0.497 e. The molecule has 1 aliphatic heterocycles. The van der Waals surface area contributed by atoms with Crippen molar-refractivity contribution in [3.8, 4) is 28.7 Å². The fourth-order valence-corrected chi connectivity index (χ4v) is 3.36. The average Bonchev–Trinajstić information content (AvgIpc) is 3.41. The molecule has 0 bridgehead atoms. The zero-order chi connectivity index (χ0) is 19.8. The van der Waals surface area contributed by atoms with Crippen molar-refractivity contribution in [3.63, 3.8) is 0 Å². The van der Waals surface area contributed by atoms with Gasteiger partial charge in [-0.15, -0.1) is 5.10 Å². The monoisotopic (exact) mass is 409 g/mol. The highest BCUT2D eigenvalue weighted by Crippen LogP contribution is 2.31. The highest BCUT2D eigenvalue weighted by atomic mass is 35.5. The molecule has 0 N–H and O–H groups in total. The van der Waals surface area contributed by atoms with Crippen molar-refractivity contribution < 1.29 is 14.0 Å². The normalized spacial score (nSPS) is 15.9. The van der Waals surface area contributed by atoms with Gasteiger partial charge < -0.3 is 14.0 Å². The minimum absolute atomic E-state index is 0.116. The number of benzene rings is 2. The first-order valence-corrected chi connectivity index (χ1v) is 9.37. The van der Waals surface area contributed by atoms with Gasteiger partial charge in [0.05, 0.1) is 26.0 Å². The topological polar surface area (TPSA) is 88.1 Å². The molecule has 0 aliphatic carbocycles. The minimum Gasteiger partial charge on any atom is -0.497 e. The van der Waals surface area contributed by atoms with Crippen molar-refractivity contribution in [1.82, 2.24) is 25.1 Å². The standard InChI is InChI=1S/C20H16ClN5O3/c1-27-15-8-4-13(5-9-15)20-22-19(24-29-20)18-16-11-28-17(10-26(16)25-23-18)12-2-6-14(21)7-3-12/h2-9,17H,10-11H2,1H3/t17-/m1/s1. The molecule has 146 valence electrons. The lowest BCUT2D eigenvalue weighted by Crippen LogP contribution is -2.22. The molecule has 5 rings (SSSR count). The molecule has 29 heavy (non-hydrogen) atoms. The van der Waals surface area contributed by atoms with Crippen LogP contribution in [0.5, 0.6) is 5.75 Å². The van der Waals surface area contributed by atoms with E-state index in [-0.39, 0.29) is 6.10 Å². The Morgan fingerprint density at radius 3 is 2.66 bits per heavy atom. The number of aromatic nitrogens is 5. The van der Waals surface area contributed by atoms with Crippen LogP contribution >= 0.6 is 11.6 Å². The molecule has 1 atom stereocenters. The van der Waals surface area contributed by atoms with Gasteiger partial charge in [0.15, 0.2) is 5.69 Å². The van der Waals surface area contributed by atoms with Gasteiger partial charge in [0, 0.05) is 10.6 Å². The Labute approximate surface area is 171 Å². The molecule has 1 aliphatic rings. The molecular weight excluding hydrogens is 394 g/mol. The smallest absolute Gasteiger partial charge is 0.258 e. The number of hydrogen-bond donors (Lipinski definition) is 0. The third kappa shape index (κ3) is 3.37. The Balaban J connectivity index is 1.39. The molecule has 2 aromatic heterocycles. The highest BCUT2D eigenvalue weighted by molar-refractivity contribution is 6.30. The van der Waals surface area contributed by atoms with Gasteiger partial charge in [0.1, 0.15) is 11.9 Å². The van der Waals surface area contributed by atoms with Crippen molar-refractivity contribution in [3.05, 3.63) is 64.8 Å². The minimum atomic E-state index is -0.116. The summed E-state index contributed by atoms with van der Waals surface area (Å²) in [6, 6.07) is 15.0. The van der Waals surface area contributed by atoms with Crippen LogP contribution in [0.4, 0.5) is 0 Å². The number of nitrogens with zero attached hydrogens (tertiary/aromatic N) is 5. The van der Waals surface area contributed by atoms with E-state index in [0.29, 0.717) is 35.6 Å². The number of methoxy groups -OCH3 is 1. The second-order valence-corrected chi connectivity index (χ2v) is 7.01. The maximum absolute atomic E-state index is 6.02. The van der Waals surface area contributed by atoms with Gasteiger partial charge in [-0.3, -0.25) is 0 Å². The van der Waals surface area contributed by atoms with E-state index < -0.39 is 0 Å². The lowest BCUT2D eigenvalue weighted by molar-refractivity contribution is -0.00111. The number of rotatable bonds is 4. The Kier molecular flexibility index (Phi) is 4.49. The molecule has 9 heteroatoms. The quantitative estimate of drug-likeness (QED) is 0.504. The number of hydrogen-bond acceptors (Lipinski definition) is 7. The van der Waals surface area contributed by atoms with Crippen LogP contribution < -0.4 is 4.74 Å². The van der Waals surface area contributed by atoms with E-state index >= 15 is 0 Å². The summed E-state index contributed by atoms with van der Waals surface area (Å²) in [5.41, 5.74) is 3.21. The summed E-state index contributed by atoms with van der Waals surface area (Å²) in [4.78, 5) is 4.47. The molecule has 0 saturated heterocycles. The van der Waals surface area contributed by atoms with Gasteiger partial charge in [-0.05, 0) is 42.0 Å².